The second-order valence-corrected chi connectivity index (χ2v) is 6.08. The van der Waals surface area contributed by atoms with Gasteiger partial charge in [0.05, 0.1) is 13.7 Å². The first-order chi connectivity index (χ1) is 12.0. The van der Waals surface area contributed by atoms with Crippen LogP contribution in [-0.4, -0.2) is 31.4 Å². The fourth-order valence-electron chi connectivity index (χ4n) is 2.45. The Hall–Kier alpha value is -2.59. The maximum Gasteiger partial charge on any atom is 0.330 e. The fourth-order valence-corrected chi connectivity index (χ4v) is 2.45. The lowest BCUT2D eigenvalue weighted by Crippen LogP contribution is -2.14. The van der Waals surface area contributed by atoms with Crippen molar-refractivity contribution < 1.29 is 19.4 Å². The topological polar surface area (TPSA) is 55.8 Å². The van der Waals surface area contributed by atoms with Gasteiger partial charge in [0.25, 0.3) is 0 Å². The van der Waals surface area contributed by atoms with E-state index in [1.54, 1.807) is 7.11 Å². The SMILES string of the molecule is COc1ccc(-c2ccc(C(CO)COC(=O)C=C(C)C)cc2)cc1. The normalized spacial score (nSPS) is 11.5. The number of aliphatic hydroxyl groups is 1. The summed E-state index contributed by atoms with van der Waals surface area (Å²) in [6.07, 6.45) is 1.45. The van der Waals surface area contributed by atoms with E-state index in [4.69, 9.17) is 9.47 Å². The molecule has 2 rings (SSSR count). The molecule has 0 aromatic heterocycles. The molecule has 25 heavy (non-hydrogen) atoms. The number of hydrogen-bond donors (Lipinski definition) is 1. The number of esters is 1. The monoisotopic (exact) mass is 340 g/mol. The van der Waals surface area contributed by atoms with Crippen LogP contribution in [0.5, 0.6) is 5.75 Å². The number of methoxy groups -OCH3 is 1. The zero-order valence-corrected chi connectivity index (χ0v) is 14.9. The number of rotatable bonds is 7. The largest absolute Gasteiger partial charge is 0.497 e. The van der Waals surface area contributed by atoms with Crippen LogP contribution >= 0.6 is 0 Å². The average Bonchev–Trinajstić information content (AvgIpc) is 2.62. The van der Waals surface area contributed by atoms with Gasteiger partial charge in [0.1, 0.15) is 12.4 Å². The van der Waals surface area contributed by atoms with E-state index in [2.05, 4.69) is 0 Å². The molecule has 4 nitrogen and oxygen atoms in total. The molecule has 0 spiro atoms. The second kappa shape index (κ2) is 9.04. The van der Waals surface area contributed by atoms with E-state index in [1.807, 2.05) is 62.4 Å². The summed E-state index contributed by atoms with van der Waals surface area (Å²) in [7, 11) is 1.64. The molecule has 2 aromatic rings. The van der Waals surface area contributed by atoms with Crippen LogP contribution in [0.3, 0.4) is 0 Å². The third-order valence-electron chi connectivity index (χ3n) is 3.86. The Morgan fingerprint density at radius 2 is 1.60 bits per heavy atom. The molecule has 132 valence electrons. The standard InChI is InChI=1S/C21H24O4/c1-15(2)12-21(23)25-14-19(13-22)18-6-4-16(5-7-18)17-8-10-20(24-3)11-9-17/h4-12,19,22H,13-14H2,1-3H3. The van der Waals surface area contributed by atoms with Gasteiger partial charge in [-0.05, 0) is 42.7 Å². The van der Waals surface area contributed by atoms with Crippen LogP contribution in [0.15, 0.2) is 60.2 Å². The molecule has 0 aliphatic rings. The van der Waals surface area contributed by atoms with Crippen LogP contribution in [0.1, 0.15) is 25.3 Å². The highest BCUT2D eigenvalue weighted by Crippen LogP contribution is 2.25. The predicted octanol–water partition coefficient (Wildman–Crippen LogP) is 3.95. The first-order valence-electron chi connectivity index (χ1n) is 8.20. The van der Waals surface area contributed by atoms with Gasteiger partial charge in [0, 0.05) is 12.0 Å². The molecule has 0 heterocycles. The van der Waals surface area contributed by atoms with Crippen LogP contribution < -0.4 is 4.74 Å². The van der Waals surface area contributed by atoms with Crippen molar-refractivity contribution in [1.29, 1.82) is 0 Å². The number of aliphatic hydroxyl groups excluding tert-OH is 1. The summed E-state index contributed by atoms with van der Waals surface area (Å²) in [5, 5.41) is 9.60. The van der Waals surface area contributed by atoms with Crippen molar-refractivity contribution in [2.45, 2.75) is 19.8 Å². The molecule has 0 fully saturated rings. The number of carbonyl (C=O) groups excluding carboxylic acids is 1. The van der Waals surface area contributed by atoms with E-state index in [-0.39, 0.29) is 25.1 Å². The Morgan fingerprint density at radius 3 is 2.08 bits per heavy atom. The third kappa shape index (κ3) is 5.47. The summed E-state index contributed by atoms with van der Waals surface area (Å²) in [5.74, 6) is 0.201. The smallest absolute Gasteiger partial charge is 0.330 e. The fraction of sp³-hybridized carbons (Fsp3) is 0.286. The molecule has 0 bridgehead atoms. The van der Waals surface area contributed by atoms with Crippen molar-refractivity contribution in [2.75, 3.05) is 20.3 Å². The highest BCUT2D eigenvalue weighted by atomic mass is 16.5. The van der Waals surface area contributed by atoms with Gasteiger partial charge in [-0.15, -0.1) is 0 Å². The minimum Gasteiger partial charge on any atom is -0.497 e. The molecule has 4 heteroatoms. The molecule has 1 unspecified atom stereocenters. The van der Waals surface area contributed by atoms with Crippen molar-refractivity contribution in [3.63, 3.8) is 0 Å². The number of carbonyl (C=O) groups is 1. The Labute approximate surface area is 148 Å². The van der Waals surface area contributed by atoms with Gasteiger partial charge in [-0.3, -0.25) is 0 Å². The molecular weight excluding hydrogens is 316 g/mol. The van der Waals surface area contributed by atoms with Crippen LogP contribution in [0.25, 0.3) is 11.1 Å². The van der Waals surface area contributed by atoms with Crippen molar-refractivity contribution in [2.24, 2.45) is 0 Å². The van der Waals surface area contributed by atoms with Crippen LogP contribution in [0.4, 0.5) is 0 Å². The van der Waals surface area contributed by atoms with Crippen LogP contribution in [-0.2, 0) is 9.53 Å². The van der Waals surface area contributed by atoms with Crippen molar-refractivity contribution in [3.8, 4) is 16.9 Å². The van der Waals surface area contributed by atoms with Crippen molar-refractivity contribution in [1.82, 2.24) is 0 Å². The minimum absolute atomic E-state index is 0.0794. The highest BCUT2D eigenvalue weighted by Gasteiger charge is 2.13. The summed E-state index contributed by atoms with van der Waals surface area (Å²) in [6, 6.07) is 15.7. The number of hydrogen-bond acceptors (Lipinski definition) is 4. The first-order valence-corrected chi connectivity index (χ1v) is 8.20. The minimum atomic E-state index is -0.381. The number of allylic oxidation sites excluding steroid dienone is 1. The van der Waals surface area contributed by atoms with Crippen molar-refractivity contribution >= 4 is 5.97 Å². The van der Waals surface area contributed by atoms with E-state index >= 15 is 0 Å². The van der Waals surface area contributed by atoms with Gasteiger partial charge in [-0.2, -0.15) is 0 Å². The van der Waals surface area contributed by atoms with E-state index < -0.39 is 0 Å². The quantitative estimate of drug-likeness (QED) is 0.612. The molecule has 1 atom stereocenters. The van der Waals surface area contributed by atoms with Crippen LogP contribution in [0.2, 0.25) is 0 Å². The third-order valence-corrected chi connectivity index (χ3v) is 3.86. The molecule has 0 saturated heterocycles. The first kappa shape index (κ1) is 18.7. The summed E-state index contributed by atoms with van der Waals surface area (Å²) >= 11 is 0. The maximum absolute atomic E-state index is 11.6. The van der Waals surface area contributed by atoms with Gasteiger partial charge in [0.15, 0.2) is 0 Å². The zero-order chi connectivity index (χ0) is 18.2. The van der Waals surface area contributed by atoms with Gasteiger partial charge >= 0.3 is 5.97 Å². The number of benzene rings is 2. The van der Waals surface area contributed by atoms with Crippen molar-refractivity contribution in [3.05, 3.63) is 65.7 Å². The summed E-state index contributed by atoms with van der Waals surface area (Å²) in [6.45, 7) is 3.75. The Balaban J connectivity index is 2.05. The second-order valence-electron chi connectivity index (χ2n) is 6.08. The lowest BCUT2D eigenvalue weighted by Gasteiger charge is -2.15. The van der Waals surface area contributed by atoms with Gasteiger partial charge in [-0.25, -0.2) is 4.79 Å². The van der Waals surface area contributed by atoms with Crippen LogP contribution in [0, 0.1) is 0 Å². The van der Waals surface area contributed by atoms with Gasteiger partial charge in [0.2, 0.25) is 0 Å². The molecule has 0 radical (unpaired) electrons. The highest BCUT2D eigenvalue weighted by molar-refractivity contribution is 5.82. The maximum atomic E-state index is 11.6. The van der Waals surface area contributed by atoms with E-state index in [1.165, 1.54) is 6.08 Å². The summed E-state index contributed by atoms with van der Waals surface area (Å²) in [4.78, 5) is 11.6. The van der Waals surface area contributed by atoms with E-state index in [0.29, 0.717) is 0 Å². The molecule has 0 saturated carbocycles. The van der Waals surface area contributed by atoms with Gasteiger partial charge in [-0.1, -0.05) is 42.0 Å². The Kier molecular flexibility index (Phi) is 6.78. The predicted molar refractivity (Wildman–Crippen MR) is 98.6 cm³/mol. The Bertz CT molecular complexity index is 711. The number of ether oxygens (including phenoxy) is 2. The molecule has 2 aromatic carbocycles. The molecule has 1 N–H and O–H groups in total. The summed E-state index contributed by atoms with van der Waals surface area (Å²) in [5.41, 5.74) is 3.98. The zero-order valence-electron chi connectivity index (χ0n) is 14.9. The lowest BCUT2D eigenvalue weighted by molar-refractivity contribution is -0.138. The molecule has 0 aliphatic carbocycles. The van der Waals surface area contributed by atoms with E-state index in [9.17, 15) is 9.90 Å². The molecule has 0 aliphatic heterocycles. The summed E-state index contributed by atoms with van der Waals surface area (Å²) < 4.78 is 10.4. The van der Waals surface area contributed by atoms with Gasteiger partial charge < -0.3 is 14.6 Å². The average molecular weight is 340 g/mol. The Morgan fingerprint density at radius 1 is 1.04 bits per heavy atom. The molecule has 0 amide bonds. The molecular formula is C21H24O4. The van der Waals surface area contributed by atoms with E-state index in [0.717, 1.165) is 28.0 Å². The lowest BCUT2D eigenvalue weighted by atomic mass is 9.97.